The van der Waals surface area contributed by atoms with Gasteiger partial charge in [-0.1, -0.05) is 30.3 Å². The van der Waals surface area contributed by atoms with Crippen LogP contribution in [0.4, 0.5) is 5.69 Å². The highest BCUT2D eigenvalue weighted by molar-refractivity contribution is 5.50. The molecule has 22 heavy (non-hydrogen) atoms. The molecule has 0 radical (unpaired) electrons. The van der Waals surface area contributed by atoms with Crippen molar-refractivity contribution in [3.05, 3.63) is 60.4 Å². The molecule has 0 bridgehead atoms. The monoisotopic (exact) mass is 296 g/mol. The molecule has 4 rings (SSSR count). The first-order chi connectivity index (χ1) is 10.8. The summed E-state index contributed by atoms with van der Waals surface area (Å²) in [5.41, 5.74) is 2.08. The highest BCUT2D eigenvalue weighted by atomic mass is 16.3. The molecule has 2 heterocycles. The summed E-state index contributed by atoms with van der Waals surface area (Å²) in [5.74, 6) is 0.372. The van der Waals surface area contributed by atoms with Gasteiger partial charge in [-0.15, -0.1) is 0 Å². The van der Waals surface area contributed by atoms with Crippen LogP contribution in [0, 0.1) is 11.3 Å². The van der Waals surface area contributed by atoms with Crippen molar-refractivity contribution in [3.63, 3.8) is 0 Å². The van der Waals surface area contributed by atoms with Crippen LogP contribution < -0.4 is 4.90 Å². The third-order valence-corrected chi connectivity index (χ3v) is 5.42. The van der Waals surface area contributed by atoms with E-state index in [0.717, 1.165) is 12.2 Å². The second-order valence-corrected chi connectivity index (χ2v) is 6.39. The van der Waals surface area contributed by atoms with Gasteiger partial charge in [0.2, 0.25) is 0 Å². The zero-order valence-electron chi connectivity index (χ0n) is 12.3. The van der Waals surface area contributed by atoms with E-state index in [1.54, 1.807) is 12.4 Å². The number of β-amino-alcohol motifs (C(OH)–C–C–N with tert-alkyl or cyclic N) is 1. The van der Waals surface area contributed by atoms with Crippen molar-refractivity contribution < 1.29 is 10.2 Å². The first-order valence-corrected chi connectivity index (χ1v) is 7.76. The molecule has 114 valence electrons. The SMILES string of the molecule is OC[C@@H]1[C@@H](c2ccccc2)[C@]12CN(c1ccncc1)C[C@H]2O. The van der Waals surface area contributed by atoms with Gasteiger partial charge in [0.15, 0.2) is 0 Å². The first kappa shape index (κ1) is 13.7. The van der Waals surface area contributed by atoms with Crippen LogP contribution in [0.3, 0.4) is 0 Å². The zero-order valence-corrected chi connectivity index (χ0v) is 12.3. The summed E-state index contributed by atoms with van der Waals surface area (Å²) in [7, 11) is 0. The van der Waals surface area contributed by atoms with Gasteiger partial charge in [0.25, 0.3) is 0 Å². The van der Waals surface area contributed by atoms with Crippen LogP contribution in [-0.4, -0.2) is 41.0 Å². The summed E-state index contributed by atoms with van der Waals surface area (Å²) in [6, 6.07) is 14.2. The maximum atomic E-state index is 10.7. The van der Waals surface area contributed by atoms with E-state index in [-0.39, 0.29) is 23.9 Å². The third kappa shape index (κ3) is 1.87. The number of pyridine rings is 1. The standard InChI is InChI=1S/C18H20N2O2/c21-11-15-17(13-4-2-1-3-5-13)18(15)12-20(10-16(18)22)14-6-8-19-9-7-14/h1-9,15-17,21-22H,10-12H2/t15-,16-,17-,18-/m1/s1. The fourth-order valence-corrected chi connectivity index (χ4v) is 4.32. The van der Waals surface area contributed by atoms with Gasteiger partial charge in [-0.25, -0.2) is 0 Å². The molecule has 0 amide bonds. The van der Waals surface area contributed by atoms with E-state index >= 15 is 0 Å². The van der Waals surface area contributed by atoms with Crippen molar-refractivity contribution >= 4 is 5.69 Å². The largest absolute Gasteiger partial charge is 0.396 e. The minimum atomic E-state index is -0.414. The molecule has 2 N–H and O–H groups in total. The topological polar surface area (TPSA) is 56.6 Å². The lowest BCUT2D eigenvalue weighted by molar-refractivity contribution is 0.113. The summed E-state index contributed by atoms with van der Waals surface area (Å²) in [6.45, 7) is 1.52. The predicted molar refractivity (Wildman–Crippen MR) is 84.6 cm³/mol. The lowest BCUT2D eigenvalue weighted by Gasteiger charge is -2.18. The number of rotatable bonds is 3. The highest BCUT2D eigenvalue weighted by Crippen LogP contribution is 2.68. The van der Waals surface area contributed by atoms with Crippen LogP contribution in [0.15, 0.2) is 54.9 Å². The molecule has 1 saturated carbocycles. The smallest absolute Gasteiger partial charge is 0.0797 e. The lowest BCUT2D eigenvalue weighted by atomic mass is 9.95. The number of nitrogens with zero attached hydrogens (tertiary/aromatic N) is 2. The number of hydrogen-bond acceptors (Lipinski definition) is 4. The van der Waals surface area contributed by atoms with Gasteiger partial charge in [0, 0.05) is 43.2 Å². The Bertz CT molecular complexity index is 649. The highest BCUT2D eigenvalue weighted by Gasteiger charge is 2.71. The molecule has 1 saturated heterocycles. The Balaban J connectivity index is 1.64. The maximum absolute atomic E-state index is 10.7. The van der Waals surface area contributed by atoms with Gasteiger partial charge in [-0.3, -0.25) is 4.98 Å². The fraction of sp³-hybridized carbons (Fsp3) is 0.389. The van der Waals surface area contributed by atoms with Crippen molar-refractivity contribution in [2.75, 3.05) is 24.6 Å². The molecule has 1 aromatic carbocycles. The van der Waals surface area contributed by atoms with Crippen molar-refractivity contribution in [1.82, 2.24) is 4.98 Å². The molecule has 2 aliphatic rings. The van der Waals surface area contributed by atoms with Crippen LogP contribution in [0.1, 0.15) is 11.5 Å². The van der Waals surface area contributed by atoms with E-state index in [1.165, 1.54) is 5.56 Å². The maximum Gasteiger partial charge on any atom is 0.0797 e. The molecular formula is C18H20N2O2. The van der Waals surface area contributed by atoms with E-state index in [0.29, 0.717) is 6.54 Å². The molecule has 1 aliphatic heterocycles. The van der Waals surface area contributed by atoms with Gasteiger partial charge >= 0.3 is 0 Å². The number of hydrogen-bond donors (Lipinski definition) is 2. The molecule has 4 nitrogen and oxygen atoms in total. The average molecular weight is 296 g/mol. The molecule has 1 spiro atoms. The van der Waals surface area contributed by atoms with Crippen LogP contribution >= 0.6 is 0 Å². The normalized spacial score (nSPS) is 33.4. The molecule has 1 aromatic heterocycles. The van der Waals surface area contributed by atoms with Crippen LogP contribution in [0.25, 0.3) is 0 Å². The molecule has 1 aliphatic carbocycles. The molecule has 2 aromatic rings. The summed E-state index contributed by atoms with van der Waals surface area (Å²) < 4.78 is 0. The Kier molecular flexibility index (Phi) is 3.17. The van der Waals surface area contributed by atoms with Gasteiger partial charge in [-0.05, 0) is 29.5 Å². The van der Waals surface area contributed by atoms with Gasteiger partial charge in [0.1, 0.15) is 0 Å². The number of aromatic nitrogens is 1. The second kappa shape index (κ2) is 5.07. The molecular weight excluding hydrogens is 276 g/mol. The Labute approximate surface area is 130 Å². The number of anilines is 1. The zero-order chi connectivity index (χ0) is 15.2. The predicted octanol–water partition coefficient (Wildman–Crippen LogP) is 1.65. The molecule has 0 unspecified atom stereocenters. The Morgan fingerprint density at radius 3 is 2.55 bits per heavy atom. The van der Waals surface area contributed by atoms with Crippen molar-refractivity contribution in [3.8, 4) is 0 Å². The Morgan fingerprint density at radius 2 is 1.86 bits per heavy atom. The quantitative estimate of drug-likeness (QED) is 0.904. The Hall–Kier alpha value is -1.91. The molecule has 2 fully saturated rings. The average Bonchev–Trinajstić information content (AvgIpc) is 3.11. The second-order valence-electron chi connectivity index (χ2n) is 6.39. The number of aliphatic hydroxyl groups is 2. The van der Waals surface area contributed by atoms with E-state index in [2.05, 4.69) is 22.0 Å². The third-order valence-electron chi connectivity index (χ3n) is 5.42. The first-order valence-electron chi connectivity index (χ1n) is 7.76. The Morgan fingerprint density at radius 1 is 1.14 bits per heavy atom. The number of aliphatic hydroxyl groups excluding tert-OH is 2. The van der Waals surface area contributed by atoms with Crippen LogP contribution in [-0.2, 0) is 0 Å². The summed E-state index contributed by atoms with van der Waals surface area (Å²) in [5, 5.41) is 20.5. The fourth-order valence-electron chi connectivity index (χ4n) is 4.32. The summed E-state index contributed by atoms with van der Waals surface area (Å²) in [4.78, 5) is 6.26. The summed E-state index contributed by atoms with van der Waals surface area (Å²) >= 11 is 0. The number of benzene rings is 1. The van der Waals surface area contributed by atoms with Crippen molar-refractivity contribution in [2.45, 2.75) is 12.0 Å². The van der Waals surface area contributed by atoms with E-state index in [9.17, 15) is 10.2 Å². The van der Waals surface area contributed by atoms with E-state index in [1.807, 2.05) is 30.3 Å². The van der Waals surface area contributed by atoms with Gasteiger partial charge < -0.3 is 15.1 Å². The van der Waals surface area contributed by atoms with Gasteiger partial charge in [-0.2, -0.15) is 0 Å². The molecule has 4 heteroatoms. The molecule has 4 atom stereocenters. The summed E-state index contributed by atoms with van der Waals surface area (Å²) in [6.07, 6.45) is 3.14. The van der Waals surface area contributed by atoms with Crippen LogP contribution in [0.5, 0.6) is 0 Å². The van der Waals surface area contributed by atoms with Gasteiger partial charge in [0.05, 0.1) is 6.10 Å². The lowest BCUT2D eigenvalue weighted by Crippen LogP contribution is -2.23. The van der Waals surface area contributed by atoms with Crippen molar-refractivity contribution in [1.29, 1.82) is 0 Å². The van der Waals surface area contributed by atoms with E-state index < -0.39 is 6.10 Å². The van der Waals surface area contributed by atoms with Crippen molar-refractivity contribution in [2.24, 2.45) is 11.3 Å². The minimum absolute atomic E-state index is 0.126. The van der Waals surface area contributed by atoms with Crippen LogP contribution in [0.2, 0.25) is 0 Å². The van der Waals surface area contributed by atoms with E-state index in [4.69, 9.17) is 0 Å². The minimum Gasteiger partial charge on any atom is -0.396 e.